The molecule has 1 aliphatic heterocycles. The van der Waals surface area contributed by atoms with Gasteiger partial charge >= 0.3 is 0 Å². The topological polar surface area (TPSA) is 86.3 Å². The van der Waals surface area contributed by atoms with E-state index in [4.69, 9.17) is 10.5 Å². The molecule has 2 aromatic heterocycles. The number of nitrogens with zero attached hydrogens (tertiary/aromatic N) is 4. The summed E-state index contributed by atoms with van der Waals surface area (Å²) in [5, 5.41) is 4.15. The van der Waals surface area contributed by atoms with E-state index in [-0.39, 0.29) is 12.0 Å². The number of rotatable bonds is 5. The summed E-state index contributed by atoms with van der Waals surface area (Å²) in [5.74, 6) is 0.149. The molecule has 0 saturated carbocycles. The van der Waals surface area contributed by atoms with Crippen LogP contribution in [0.15, 0.2) is 30.6 Å². The normalized spacial score (nSPS) is 17.9. The fraction of sp³-hybridized carbons (Fsp3) is 0.471. The average Bonchev–Trinajstić information content (AvgIpc) is 3.07. The maximum Gasteiger partial charge on any atom is 0.222 e. The van der Waals surface area contributed by atoms with Crippen LogP contribution in [-0.4, -0.2) is 45.3 Å². The standard InChI is InChI=1S/C17H23N5O2/c1-13-10-14(18)11-15(20-13)16-12-21(8-9-24-16)17(23)4-2-6-22-7-3-5-19-22/h3,5,7,10-11,16H,2,4,6,8-9,12H2,1H3,(H2,18,20)/t16-/m1/s1. The number of nitrogens with two attached hydrogens (primary N) is 1. The van der Waals surface area contributed by atoms with Crippen LogP contribution in [-0.2, 0) is 16.1 Å². The van der Waals surface area contributed by atoms with E-state index in [1.54, 1.807) is 6.20 Å². The number of carbonyl (C=O) groups excluding carboxylic acids is 1. The zero-order chi connectivity index (χ0) is 16.9. The van der Waals surface area contributed by atoms with Crippen molar-refractivity contribution in [3.63, 3.8) is 0 Å². The highest BCUT2D eigenvalue weighted by Crippen LogP contribution is 2.23. The lowest BCUT2D eigenvalue weighted by Gasteiger charge is -2.33. The maximum absolute atomic E-state index is 12.4. The van der Waals surface area contributed by atoms with Crippen molar-refractivity contribution in [2.75, 3.05) is 25.4 Å². The molecule has 0 bridgehead atoms. The summed E-state index contributed by atoms with van der Waals surface area (Å²) < 4.78 is 7.63. The predicted octanol–water partition coefficient (Wildman–Crippen LogP) is 1.55. The van der Waals surface area contributed by atoms with Crippen molar-refractivity contribution in [3.05, 3.63) is 42.0 Å². The SMILES string of the molecule is Cc1cc(N)cc([C@H]2CN(C(=O)CCCn3cccn3)CCO2)n1. The van der Waals surface area contributed by atoms with Crippen LogP contribution >= 0.6 is 0 Å². The second kappa shape index (κ2) is 7.44. The molecule has 7 heteroatoms. The van der Waals surface area contributed by atoms with Crippen molar-refractivity contribution < 1.29 is 9.53 Å². The Kier molecular flexibility index (Phi) is 5.10. The molecule has 7 nitrogen and oxygen atoms in total. The lowest BCUT2D eigenvalue weighted by molar-refractivity contribution is -0.139. The van der Waals surface area contributed by atoms with E-state index < -0.39 is 0 Å². The van der Waals surface area contributed by atoms with Crippen LogP contribution in [0.5, 0.6) is 0 Å². The third-order valence-electron chi connectivity index (χ3n) is 4.08. The first-order valence-electron chi connectivity index (χ1n) is 8.22. The summed E-state index contributed by atoms with van der Waals surface area (Å²) in [4.78, 5) is 18.8. The third-order valence-corrected chi connectivity index (χ3v) is 4.08. The van der Waals surface area contributed by atoms with Gasteiger partial charge in [-0.25, -0.2) is 0 Å². The summed E-state index contributed by atoms with van der Waals surface area (Å²) >= 11 is 0. The zero-order valence-electron chi connectivity index (χ0n) is 13.9. The molecule has 24 heavy (non-hydrogen) atoms. The van der Waals surface area contributed by atoms with Gasteiger partial charge in [-0.05, 0) is 31.5 Å². The van der Waals surface area contributed by atoms with Gasteiger partial charge in [-0.3, -0.25) is 14.5 Å². The fourth-order valence-electron chi connectivity index (χ4n) is 2.92. The second-order valence-corrected chi connectivity index (χ2v) is 6.04. The van der Waals surface area contributed by atoms with Gasteiger partial charge in [0.15, 0.2) is 0 Å². The van der Waals surface area contributed by atoms with Crippen LogP contribution in [0.1, 0.15) is 30.3 Å². The number of amides is 1. The minimum Gasteiger partial charge on any atom is -0.399 e. The fourth-order valence-corrected chi connectivity index (χ4v) is 2.92. The molecule has 2 aromatic rings. The minimum absolute atomic E-state index is 0.149. The average molecular weight is 329 g/mol. The van der Waals surface area contributed by atoms with Gasteiger partial charge in [0, 0.05) is 43.3 Å². The Labute approximate surface area is 141 Å². The Morgan fingerprint density at radius 3 is 3.08 bits per heavy atom. The minimum atomic E-state index is -0.212. The van der Waals surface area contributed by atoms with Gasteiger partial charge in [0.2, 0.25) is 5.91 Å². The van der Waals surface area contributed by atoms with Gasteiger partial charge in [-0.1, -0.05) is 0 Å². The largest absolute Gasteiger partial charge is 0.399 e. The first-order valence-corrected chi connectivity index (χ1v) is 8.22. The lowest BCUT2D eigenvalue weighted by atomic mass is 10.1. The number of anilines is 1. The molecule has 0 aliphatic carbocycles. The smallest absolute Gasteiger partial charge is 0.222 e. The molecule has 3 rings (SSSR count). The number of hydrogen-bond donors (Lipinski definition) is 1. The van der Waals surface area contributed by atoms with E-state index in [9.17, 15) is 4.79 Å². The highest BCUT2D eigenvalue weighted by Gasteiger charge is 2.26. The molecule has 3 heterocycles. The van der Waals surface area contributed by atoms with Crippen molar-refractivity contribution in [2.24, 2.45) is 0 Å². The molecule has 1 atom stereocenters. The maximum atomic E-state index is 12.4. The van der Waals surface area contributed by atoms with E-state index in [2.05, 4.69) is 10.1 Å². The highest BCUT2D eigenvalue weighted by molar-refractivity contribution is 5.76. The summed E-state index contributed by atoms with van der Waals surface area (Å²) in [7, 11) is 0. The number of carbonyl (C=O) groups is 1. The summed E-state index contributed by atoms with van der Waals surface area (Å²) in [6.07, 6.45) is 4.72. The number of nitrogen functional groups attached to an aromatic ring is 1. The Balaban J connectivity index is 1.55. The van der Waals surface area contributed by atoms with Crippen LogP contribution in [0.25, 0.3) is 0 Å². The van der Waals surface area contributed by atoms with Crippen molar-refractivity contribution in [3.8, 4) is 0 Å². The molecular formula is C17H23N5O2. The Morgan fingerprint density at radius 2 is 2.33 bits per heavy atom. The van der Waals surface area contributed by atoms with Gasteiger partial charge in [0.05, 0.1) is 18.8 Å². The third kappa shape index (κ3) is 4.11. The van der Waals surface area contributed by atoms with Crippen LogP contribution < -0.4 is 5.73 Å². The van der Waals surface area contributed by atoms with Crippen molar-refractivity contribution >= 4 is 11.6 Å². The lowest BCUT2D eigenvalue weighted by Crippen LogP contribution is -2.42. The number of ether oxygens (including phenoxy) is 1. The molecular weight excluding hydrogens is 306 g/mol. The van der Waals surface area contributed by atoms with Gasteiger partial charge in [-0.15, -0.1) is 0 Å². The van der Waals surface area contributed by atoms with Crippen molar-refractivity contribution in [2.45, 2.75) is 32.4 Å². The zero-order valence-corrected chi connectivity index (χ0v) is 13.9. The van der Waals surface area contributed by atoms with Crippen LogP contribution in [0.2, 0.25) is 0 Å². The number of aryl methyl sites for hydroxylation is 2. The van der Waals surface area contributed by atoms with Crippen molar-refractivity contribution in [1.82, 2.24) is 19.7 Å². The second-order valence-electron chi connectivity index (χ2n) is 6.04. The first kappa shape index (κ1) is 16.4. The van der Waals surface area contributed by atoms with Crippen LogP contribution in [0.4, 0.5) is 5.69 Å². The first-order chi connectivity index (χ1) is 11.6. The molecule has 0 unspecified atom stereocenters. The quantitative estimate of drug-likeness (QED) is 0.899. The molecule has 1 saturated heterocycles. The molecule has 128 valence electrons. The molecule has 1 amide bonds. The van der Waals surface area contributed by atoms with Gasteiger partial charge in [0.1, 0.15) is 6.10 Å². The van der Waals surface area contributed by atoms with Gasteiger partial charge in [0.25, 0.3) is 0 Å². The number of aromatic nitrogens is 3. The summed E-state index contributed by atoms with van der Waals surface area (Å²) in [6.45, 7) is 4.32. The predicted molar refractivity (Wildman–Crippen MR) is 90.1 cm³/mol. The van der Waals surface area contributed by atoms with Crippen LogP contribution in [0, 0.1) is 6.92 Å². The molecule has 1 aliphatic rings. The highest BCUT2D eigenvalue weighted by atomic mass is 16.5. The Hall–Kier alpha value is -2.41. The molecule has 1 fully saturated rings. The van der Waals surface area contributed by atoms with Crippen LogP contribution in [0.3, 0.4) is 0 Å². The monoisotopic (exact) mass is 329 g/mol. The van der Waals surface area contributed by atoms with E-state index in [0.717, 1.165) is 24.4 Å². The molecule has 0 radical (unpaired) electrons. The molecule has 0 spiro atoms. The number of hydrogen-bond acceptors (Lipinski definition) is 5. The molecule has 0 aromatic carbocycles. The van der Waals surface area contributed by atoms with E-state index >= 15 is 0 Å². The molecule has 2 N–H and O–H groups in total. The Bertz CT molecular complexity index is 666. The summed E-state index contributed by atoms with van der Waals surface area (Å²) in [6, 6.07) is 5.53. The Morgan fingerprint density at radius 1 is 1.46 bits per heavy atom. The number of pyridine rings is 1. The van der Waals surface area contributed by atoms with E-state index in [0.29, 0.717) is 31.8 Å². The van der Waals surface area contributed by atoms with Gasteiger partial charge in [-0.2, -0.15) is 5.10 Å². The van der Waals surface area contributed by atoms with E-state index in [1.165, 1.54) is 0 Å². The van der Waals surface area contributed by atoms with E-state index in [1.807, 2.05) is 40.9 Å². The van der Waals surface area contributed by atoms with Gasteiger partial charge < -0.3 is 15.4 Å². The number of morpholine rings is 1. The van der Waals surface area contributed by atoms with Crippen molar-refractivity contribution in [1.29, 1.82) is 0 Å². The summed E-state index contributed by atoms with van der Waals surface area (Å²) in [5.41, 5.74) is 8.21.